The van der Waals surface area contributed by atoms with Crippen molar-refractivity contribution in [3.63, 3.8) is 0 Å². The van der Waals surface area contributed by atoms with Gasteiger partial charge in [0.25, 0.3) is 5.69 Å². The maximum Gasteiger partial charge on any atom is 0.269 e. The summed E-state index contributed by atoms with van der Waals surface area (Å²) in [5.74, 6) is -1.60. The molecule has 0 aliphatic rings. The fraction of sp³-hybridized carbons (Fsp3) is 0.0526. The lowest BCUT2D eigenvalue weighted by molar-refractivity contribution is -0.384. The fourth-order valence-corrected chi connectivity index (χ4v) is 3.27. The van der Waals surface area contributed by atoms with E-state index in [1.54, 1.807) is 23.6 Å². The van der Waals surface area contributed by atoms with Crippen LogP contribution in [0.15, 0.2) is 64.5 Å². The Hall–Kier alpha value is -3.92. The molecular formula is C19H16N4O5S. The van der Waals surface area contributed by atoms with Crippen LogP contribution < -0.4 is 4.80 Å². The van der Waals surface area contributed by atoms with Gasteiger partial charge in [0.1, 0.15) is 0 Å². The molecule has 0 bridgehead atoms. The third-order valence-electron chi connectivity index (χ3n) is 3.89. The Morgan fingerprint density at radius 1 is 1.14 bits per heavy atom. The van der Waals surface area contributed by atoms with Crippen molar-refractivity contribution < 1.29 is 20.2 Å². The number of hydrogen-bond donors (Lipinski definition) is 3. The van der Waals surface area contributed by atoms with Crippen molar-refractivity contribution in [1.82, 2.24) is 4.68 Å². The van der Waals surface area contributed by atoms with E-state index in [0.29, 0.717) is 22.6 Å². The molecule has 3 rings (SSSR count). The van der Waals surface area contributed by atoms with Crippen LogP contribution in [0, 0.1) is 10.1 Å². The molecule has 0 unspecified atom stereocenters. The summed E-state index contributed by atoms with van der Waals surface area (Å²) in [6.45, 7) is 4.00. The maximum atomic E-state index is 10.9. The summed E-state index contributed by atoms with van der Waals surface area (Å²) in [5.41, 5.74) is 1.47. The molecule has 0 radical (unpaired) electrons. The lowest BCUT2D eigenvalue weighted by Gasteiger charge is -2.05. The van der Waals surface area contributed by atoms with Crippen LogP contribution in [-0.4, -0.2) is 37.7 Å². The van der Waals surface area contributed by atoms with Crippen LogP contribution in [0.4, 0.5) is 5.69 Å². The van der Waals surface area contributed by atoms with Gasteiger partial charge in [0.15, 0.2) is 11.5 Å². The number of benzene rings is 2. The van der Waals surface area contributed by atoms with Crippen molar-refractivity contribution in [1.29, 1.82) is 0 Å². The average Bonchev–Trinajstić information content (AvgIpc) is 3.12. The number of thiazole rings is 1. The number of nitro groups is 1. The first-order chi connectivity index (χ1) is 13.9. The van der Waals surface area contributed by atoms with Gasteiger partial charge in [-0.2, -0.15) is 5.10 Å². The second-order valence-electron chi connectivity index (χ2n) is 5.76. The van der Waals surface area contributed by atoms with Crippen LogP contribution in [0.1, 0.15) is 5.56 Å². The summed E-state index contributed by atoms with van der Waals surface area (Å²) in [6.07, 6.45) is 2.94. The molecule has 1 aromatic heterocycles. The second kappa shape index (κ2) is 8.40. The third kappa shape index (κ3) is 4.17. The molecule has 10 heteroatoms. The third-order valence-corrected chi connectivity index (χ3v) is 4.74. The SMILES string of the molecule is C=CCN=c1scc(-c2ccc([N+](=O)[O-])cc2)n1N=Cc1ccc(O)c(O)c1O. The zero-order valence-electron chi connectivity index (χ0n) is 15.0. The van der Waals surface area contributed by atoms with Crippen LogP contribution in [-0.2, 0) is 0 Å². The Bertz CT molecular complexity index is 1160. The summed E-state index contributed by atoms with van der Waals surface area (Å²) < 4.78 is 1.51. The summed E-state index contributed by atoms with van der Waals surface area (Å²) in [7, 11) is 0. The van der Waals surface area contributed by atoms with Gasteiger partial charge in [-0.3, -0.25) is 15.1 Å². The number of rotatable bonds is 6. The first-order valence-electron chi connectivity index (χ1n) is 8.27. The van der Waals surface area contributed by atoms with Crippen molar-refractivity contribution in [2.45, 2.75) is 0 Å². The molecule has 0 fully saturated rings. The van der Waals surface area contributed by atoms with E-state index in [1.165, 1.54) is 46.5 Å². The van der Waals surface area contributed by atoms with Crippen LogP contribution >= 0.6 is 11.3 Å². The van der Waals surface area contributed by atoms with Gasteiger partial charge in [0.05, 0.1) is 23.4 Å². The van der Waals surface area contributed by atoms with Gasteiger partial charge in [0, 0.05) is 28.6 Å². The molecule has 2 aromatic carbocycles. The van der Waals surface area contributed by atoms with Gasteiger partial charge < -0.3 is 15.3 Å². The Labute approximate surface area is 168 Å². The van der Waals surface area contributed by atoms with Crippen molar-refractivity contribution >= 4 is 23.2 Å². The number of phenols is 3. The van der Waals surface area contributed by atoms with E-state index in [4.69, 9.17) is 0 Å². The molecule has 0 aliphatic heterocycles. The summed E-state index contributed by atoms with van der Waals surface area (Å²) in [5, 5.41) is 46.1. The number of aromatic nitrogens is 1. The molecule has 29 heavy (non-hydrogen) atoms. The van der Waals surface area contributed by atoms with Gasteiger partial charge in [-0.15, -0.1) is 17.9 Å². The summed E-state index contributed by atoms with van der Waals surface area (Å²) >= 11 is 1.32. The van der Waals surface area contributed by atoms with Gasteiger partial charge >= 0.3 is 0 Å². The maximum absolute atomic E-state index is 10.9. The van der Waals surface area contributed by atoms with E-state index in [1.807, 2.05) is 0 Å². The van der Waals surface area contributed by atoms with Gasteiger partial charge in [-0.25, -0.2) is 4.68 Å². The number of nitrogens with zero attached hydrogens (tertiary/aromatic N) is 4. The number of nitro benzene ring substituents is 1. The monoisotopic (exact) mass is 412 g/mol. The number of non-ortho nitro benzene ring substituents is 1. The van der Waals surface area contributed by atoms with Gasteiger partial charge in [-0.1, -0.05) is 6.08 Å². The molecular weight excluding hydrogens is 396 g/mol. The smallest absolute Gasteiger partial charge is 0.269 e. The molecule has 0 saturated heterocycles. The zero-order chi connectivity index (χ0) is 21.0. The minimum absolute atomic E-state index is 0.0277. The van der Waals surface area contributed by atoms with E-state index in [-0.39, 0.29) is 11.3 Å². The molecule has 0 atom stereocenters. The Morgan fingerprint density at radius 3 is 2.52 bits per heavy atom. The number of hydrogen-bond acceptors (Lipinski definition) is 8. The first kappa shape index (κ1) is 19.8. The van der Waals surface area contributed by atoms with Crippen molar-refractivity contribution in [3.05, 3.63) is 74.9 Å². The van der Waals surface area contributed by atoms with Crippen LogP contribution in [0.5, 0.6) is 17.2 Å². The largest absolute Gasteiger partial charge is 0.504 e. The standard InChI is InChI=1S/C19H16N4O5S/c1-2-9-20-19-22(21-10-13-5-8-16(24)18(26)17(13)25)15(11-29-19)12-3-6-14(7-4-12)23(27)28/h2-8,10-11,24-26H,1,9H2. The second-order valence-corrected chi connectivity index (χ2v) is 6.60. The highest BCUT2D eigenvalue weighted by Gasteiger charge is 2.12. The quantitative estimate of drug-likeness (QED) is 0.188. The van der Waals surface area contributed by atoms with E-state index >= 15 is 0 Å². The van der Waals surface area contributed by atoms with Crippen molar-refractivity contribution in [3.8, 4) is 28.5 Å². The van der Waals surface area contributed by atoms with E-state index in [2.05, 4.69) is 16.7 Å². The van der Waals surface area contributed by atoms with Crippen molar-refractivity contribution in [2.24, 2.45) is 10.1 Å². The van der Waals surface area contributed by atoms with Gasteiger partial charge in [0.2, 0.25) is 10.6 Å². The van der Waals surface area contributed by atoms with Crippen LogP contribution in [0.25, 0.3) is 11.3 Å². The van der Waals surface area contributed by atoms with E-state index in [0.717, 1.165) is 0 Å². The lowest BCUT2D eigenvalue weighted by Crippen LogP contribution is -2.12. The minimum Gasteiger partial charge on any atom is -0.504 e. The number of aromatic hydroxyl groups is 3. The van der Waals surface area contributed by atoms with E-state index in [9.17, 15) is 25.4 Å². The van der Waals surface area contributed by atoms with Crippen LogP contribution in [0.2, 0.25) is 0 Å². The van der Waals surface area contributed by atoms with E-state index < -0.39 is 22.2 Å². The van der Waals surface area contributed by atoms with Gasteiger partial charge in [-0.05, 0) is 24.3 Å². The normalized spacial score (nSPS) is 11.8. The highest BCUT2D eigenvalue weighted by Crippen LogP contribution is 2.36. The predicted octanol–water partition coefficient (Wildman–Crippen LogP) is 3.21. The molecule has 3 aromatic rings. The predicted molar refractivity (Wildman–Crippen MR) is 109 cm³/mol. The zero-order valence-corrected chi connectivity index (χ0v) is 15.8. The summed E-state index contributed by atoms with van der Waals surface area (Å²) in [6, 6.07) is 8.62. The first-order valence-corrected chi connectivity index (χ1v) is 9.15. The molecule has 9 nitrogen and oxygen atoms in total. The molecule has 0 amide bonds. The minimum atomic E-state index is -0.642. The molecule has 0 aliphatic carbocycles. The average molecular weight is 412 g/mol. The fourth-order valence-electron chi connectivity index (χ4n) is 2.42. The molecule has 0 spiro atoms. The molecule has 148 valence electrons. The van der Waals surface area contributed by atoms with Crippen LogP contribution in [0.3, 0.4) is 0 Å². The highest BCUT2D eigenvalue weighted by molar-refractivity contribution is 7.07. The van der Waals surface area contributed by atoms with Crippen molar-refractivity contribution in [2.75, 3.05) is 6.54 Å². The topological polar surface area (TPSA) is 133 Å². The highest BCUT2D eigenvalue weighted by atomic mass is 32.1. The lowest BCUT2D eigenvalue weighted by atomic mass is 10.1. The Morgan fingerprint density at radius 2 is 1.86 bits per heavy atom. The Balaban J connectivity index is 2.09. The molecule has 0 saturated carbocycles. The Kier molecular flexibility index (Phi) is 5.74. The molecule has 1 heterocycles. The molecule has 3 N–H and O–H groups in total. The summed E-state index contributed by atoms with van der Waals surface area (Å²) in [4.78, 5) is 15.3. The number of phenolic OH excluding ortho intramolecular Hbond substituents is 3.